The van der Waals surface area contributed by atoms with E-state index in [0.29, 0.717) is 16.8 Å². The molecule has 0 aromatic carbocycles. The van der Waals surface area contributed by atoms with E-state index < -0.39 is 21.9 Å². The SMILES string of the molecule is COc1ncc(C)c2c1ccn2S(=O)(=O)N1CCN(C(=O)OC(C)(C)C)CC1. The predicted molar refractivity (Wildman–Crippen MR) is 105 cm³/mol. The minimum Gasteiger partial charge on any atom is -0.481 e. The van der Waals surface area contributed by atoms with Gasteiger partial charge < -0.3 is 14.4 Å². The van der Waals surface area contributed by atoms with E-state index in [0.717, 1.165) is 5.56 Å². The number of piperazine rings is 1. The van der Waals surface area contributed by atoms with E-state index in [1.54, 1.807) is 40.0 Å². The van der Waals surface area contributed by atoms with E-state index in [-0.39, 0.29) is 26.2 Å². The number of nitrogens with zero attached hydrogens (tertiary/aromatic N) is 4. The van der Waals surface area contributed by atoms with Crippen LogP contribution in [0, 0.1) is 6.92 Å². The molecule has 0 aliphatic carbocycles. The number of methoxy groups -OCH3 is 1. The Morgan fingerprint density at radius 2 is 1.82 bits per heavy atom. The molecule has 1 fully saturated rings. The zero-order valence-electron chi connectivity index (χ0n) is 16.8. The van der Waals surface area contributed by atoms with Crippen molar-refractivity contribution in [3.05, 3.63) is 24.0 Å². The summed E-state index contributed by atoms with van der Waals surface area (Å²) in [6, 6.07) is 1.68. The Bertz CT molecular complexity index is 985. The lowest BCUT2D eigenvalue weighted by atomic mass is 10.2. The molecule has 3 heterocycles. The average molecular weight is 410 g/mol. The van der Waals surface area contributed by atoms with Gasteiger partial charge in [-0.25, -0.2) is 13.8 Å². The molecule has 10 heteroatoms. The molecule has 0 radical (unpaired) electrons. The maximum absolute atomic E-state index is 13.2. The number of hydrogen-bond donors (Lipinski definition) is 0. The second-order valence-corrected chi connectivity index (χ2v) is 9.50. The number of carbonyl (C=O) groups is 1. The third-order valence-corrected chi connectivity index (χ3v) is 6.31. The molecule has 28 heavy (non-hydrogen) atoms. The third-order valence-electron chi connectivity index (χ3n) is 4.49. The lowest BCUT2D eigenvalue weighted by molar-refractivity contribution is 0.0192. The van der Waals surface area contributed by atoms with E-state index >= 15 is 0 Å². The molecular formula is C18H26N4O5S. The molecule has 0 unspecified atom stereocenters. The second-order valence-electron chi connectivity index (χ2n) is 7.70. The van der Waals surface area contributed by atoms with Crippen molar-refractivity contribution in [1.29, 1.82) is 0 Å². The summed E-state index contributed by atoms with van der Waals surface area (Å²) in [6.07, 6.45) is 2.67. The highest BCUT2D eigenvalue weighted by Gasteiger charge is 2.33. The van der Waals surface area contributed by atoms with Gasteiger partial charge in [0, 0.05) is 38.6 Å². The number of amides is 1. The number of carbonyl (C=O) groups excluding carboxylic acids is 1. The maximum atomic E-state index is 13.2. The largest absolute Gasteiger partial charge is 0.481 e. The van der Waals surface area contributed by atoms with Crippen LogP contribution in [0.4, 0.5) is 4.79 Å². The third kappa shape index (κ3) is 3.79. The van der Waals surface area contributed by atoms with E-state index in [2.05, 4.69) is 4.98 Å². The fourth-order valence-electron chi connectivity index (χ4n) is 3.17. The molecule has 2 aromatic heterocycles. The van der Waals surface area contributed by atoms with Crippen LogP contribution in [0.1, 0.15) is 26.3 Å². The van der Waals surface area contributed by atoms with Gasteiger partial charge in [-0.1, -0.05) is 0 Å². The van der Waals surface area contributed by atoms with Crippen LogP contribution in [0.2, 0.25) is 0 Å². The zero-order chi connectivity index (χ0) is 20.7. The maximum Gasteiger partial charge on any atom is 0.410 e. The summed E-state index contributed by atoms with van der Waals surface area (Å²) in [5.41, 5.74) is 0.688. The molecule has 1 amide bonds. The first-order chi connectivity index (χ1) is 13.0. The van der Waals surface area contributed by atoms with Gasteiger partial charge in [-0.05, 0) is 39.3 Å². The van der Waals surface area contributed by atoms with Crippen molar-refractivity contribution in [2.45, 2.75) is 33.3 Å². The number of hydrogen-bond acceptors (Lipinski definition) is 6. The van der Waals surface area contributed by atoms with Crippen molar-refractivity contribution in [2.24, 2.45) is 0 Å². The monoisotopic (exact) mass is 410 g/mol. The number of rotatable bonds is 3. The quantitative estimate of drug-likeness (QED) is 0.768. The molecule has 0 saturated carbocycles. The highest BCUT2D eigenvalue weighted by molar-refractivity contribution is 7.87. The van der Waals surface area contributed by atoms with E-state index in [4.69, 9.17) is 9.47 Å². The molecule has 2 aromatic rings. The van der Waals surface area contributed by atoms with Crippen molar-refractivity contribution in [3.8, 4) is 5.88 Å². The Morgan fingerprint density at radius 3 is 2.39 bits per heavy atom. The first-order valence-electron chi connectivity index (χ1n) is 9.04. The van der Waals surface area contributed by atoms with E-state index in [1.807, 2.05) is 0 Å². The highest BCUT2D eigenvalue weighted by Crippen LogP contribution is 2.29. The van der Waals surface area contributed by atoms with Crippen LogP contribution < -0.4 is 4.74 Å². The minimum atomic E-state index is -3.79. The van der Waals surface area contributed by atoms with Crippen LogP contribution in [0.25, 0.3) is 10.9 Å². The van der Waals surface area contributed by atoms with Gasteiger partial charge in [0.25, 0.3) is 0 Å². The van der Waals surface area contributed by atoms with Gasteiger partial charge in [0.05, 0.1) is 18.0 Å². The van der Waals surface area contributed by atoms with Gasteiger partial charge in [-0.2, -0.15) is 12.7 Å². The molecule has 154 valence electrons. The molecule has 1 saturated heterocycles. The number of pyridine rings is 1. The fourth-order valence-corrected chi connectivity index (χ4v) is 4.73. The zero-order valence-corrected chi connectivity index (χ0v) is 17.6. The highest BCUT2D eigenvalue weighted by atomic mass is 32.2. The summed E-state index contributed by atoms with van der Waals surface area (Å²) < 4.78 is 39.7. The first kappa shape index (κ1) is 20.4. The molecule has 1 aliphatic rings. The van der Waals surface area contributed by atoms with Crippen molar-refractivity contribution in [1.82, 2.24) is 18.2 Å². The molecule has 0 N–H and O–H groups in total. The lowest BCUT2D eigenvalue weighted by Crippen LogP contribution is -2.52. The Hall–Kier alpha value is -2.33. The van der Waals surface area contributed by atoms with Gasteiger partial charge in [-0.15, -0.1) is 0 Å². The topological polar surface area (TPSA) is 94.0 Å². The Kier molecular flexibility index (Phi) is 5.28. The van der Waals surface area contributed by atoms with Crippen LogP contribution >= 0.6 is 0 Å². The van der Waals surface area contributed by atoms with Crippen molar-refractivity contribution >= 4 is 27.2 Å². The Balaban J connectivity index is 1.82. The summed E-state index contributed by atoms with van der Waals surface area (Å²) in [4.78, 5) is 17.9. The predicted octanol–water partition coefficient (Wildman–Crippen LogP) is 2.00. The Morgan fingerprint density at radius 1 is 1.18 bits per heavy atom. The van der Waals surface area contributed by atoms with Gasteiger partial charge in [0.15, 0.2) is 0 Å². The summed E-state index contributed by atoms with van der Waals surface area (Å²) in [6.45, 7) is 8.15. The summed E-state index contributed by atoms with van der Waals surface area (Å²) in [7, 11) is -2.29. The number of aromatic nitrogens is 2. The summed E-state index contributed by atoms with van der Waals surface area (Å²) >= 11 is 0. The smallest absolute Gasteiger partial charge is 0.410 e. The number of fused-ring (bicyclic) bond motifs is 1. The first-order valence-corrected chi connectivity index (χ1v) is 10.4. The van der Waals surface area contributed by atoms with Crippen LogP contribution in [-0.2, 0) is 14.9 Å². The Labute approximate surface area is 165 Å². The summed E-state index contributed by atoms with van der Waals surface area (Å²) in [5.74, 6) is 0.379. The summed E-state index contributed by atoms with van der Waals surface area (Å²) in [5, 5.41) is 0.637. The lowest BCUT2D eigenvalue weighted by Gasteiger charge is -2.35. The number of ether oxygens (including phenoxy) is 2. The molecule has 1 aliphatic heterocycles. The minimum absolute atomic E-state index is 0.197. The normalized spacial score (nSPS) is 16.4. The average Bonchev–Trinajstić information content (AvgIpc) is 3.08. The number of aryl methyl sites for hydroxylation is 1. The van der Waals surface area contributed by atoms with Crippen molar-refractivity contribution in [3.63, 3.8) is 0 Å². The van der Waals surface area contributed by atoms with Gasteiger partial charge in [0.1, 0.15) is 5.60 Å². The van der Waals surface area contributed by atoms with E-state index in [9.17, 15) is 13.2 Å². The van der Waals surface area contributed by atoms with Crippen molar-refractivity contribution < 1.29 is 22.7 Å². The van der Waals surface area contributed by atoms with Crippen LogP contribution in [0.15, 0.2) is 18.5 Å². The molecular weight excluding hydrogens is 384 g/mol. The second kappa shape index (κ2) is 7.25. The molecule has 0 atom stereocenters. The van der Waals surface area contributed by atoms with Gasteiger partial charge in [0.2, 0.25) is 5.88 Å². The van der Waals surface area contributed by atoms with Crippen LogP contribution in [-0.4, -0.2) is 71.6 Å². The molecule has 9 nitrogen and oxygen atoms in total. The molecule has 3 rings (SSSR count). The van der Waals surface area contributed by atoms with E-state index in [1.165, 1.54) is 26.5 Å². The molecule has 0 spiro atoms. The fraction of sp³-hybridized carbons (Fsp3) is 0.556. The van der Waals surface area contributed by atoms with Gasteiger partial charge in [-0.3, -0.25) is 0 Å². The van der Waals surface area contributed by atoms with Crippen molar-refractivity contribution in [2.75, 3.05) is 33.3 Å². The van der Waals surface area contributed by atoms with Crippen LogP contribution in [0.3, 0.4) is 0 Å². The molecule has 0 bridgehead atoms. The van der Waals surface area contributed by atoms with Crippen LogP contribution in [0.5, 0.6) is 5.88 Å². The standard InChI is InChI=1S/C18H26N4O5S/c1-13-12-19-16(26-5)14-6-7-22(15(13)14)28(24,25)21-10-8-20(9-11-21)17(23)27-18(2,3)4/h6-7,12H,8-11H2,1-5H3. The van der Waals surface area contributed by atoms with Gasteiger partial charge >= 0.3 is 16.3 Å².